The molecule has 0 fully saturated rings. The van der Waals surface area contributed by atoms with Gasteiger partial charge in [-0.3, -0.25) is 0 Å². The smallest absolute Gasteiger partial charge is 0.863 e. The monoisotopic (exact) mass is 194 g/mol. The number of unbranched alkanes of at least 4 members (excludes halogenated alkanes) is 6. The number of rotatable bonds is 8. The zero-order chi connectivity index (χ0) is 8.36. The molecular formula is C9H19NaOSi. The van der Waals surface area contributed by atoms with E-state index in [0.717, 1.165) is 12.5 Å². The first kappa shape index (κ1) is 15.6. The van der Waals surface area contributed by atoms with Crippen LogP contribution >= 0.6 is 0 Å². The second-order valence-electron chi connectivity index (χ2n) is 3.02. The zero-order valence-electron chi connectivity index (χ0n) is 8.57. The number of hydrogen-bond donors (Lipinski definition) is 0. The Morgan fingerprint density at radius 2 is 1.42 bits per heavy atom. The minimum absolute atomic E-state index is 0. The Balaban J connectivity index is 0. The quantitative estimate of drug-likeness (QED) is 0.364. The Bertz CT molecular complexity index is 63.5. The predicted octanol–water partition coefficient (Wildman–Crippen LogP) is -0.861. The molecule has 0 heterocycles. The van der Waals surface area contributed by atoms with Crippen molar-refractivity contribution in [2.75, 3.05) is 0 Å². The van der Waals surface area contributed by atoms with E-state index in [-0.39, 0.29) is 39.3 Å². The molecule has 0 spiro atoms. The normalized spacial score (nSPS) is 9.50. The molecule has 0 aromatic heterocycles. The molecule has 0 aliphatic carbocycles. The summed E-state index contributed by atoms with van der Waals surface area (Å²) in [5.41, 5.74) is 0. The molecule has 0 bridgehead atoms. The van der Waals surface area contributed by atoms with Gasteiger partial charge in [-0.2, -0.15) is 0 Å². The fourth-order valence-electron chi connectivity index (χ4n) is 1.15. The average molecular weight is 194 g/mol. The molecule has 2 radical (unpaired) electrons. The maximum Gasteiger partial charge on any atom is 1.00 e. The summed E-state index contributed by atoms with van der Waals surface area (Å²) in [4.78, 5) is 10.1. The van der Waals surface area contributed by atoms with Crippen LogP contribution in [0, 0.1) is 0 Å². The Kier molecular flexibility index (Phi) is 19.1. The van der Waals surface area contributed by atoms with E-state index in [4.69, 9.17) is 0 Å². The van der Waals surface area contributed by atoms with Crippen molar-refractivity contribution in [3.63, 3.8) is 0 Å². The molecule has 0 N–H and O–H groups in total. The van der Waals surface area contributed by atoms with Crippen LogP contribution in [0.25, 0.3) is 0 Å². The summed E-state index contributed by atoms with van der Waals surface area (Å²) in [6.45, 7) is 2.23. The van der Waals surface area contributed by atoms with Crippen LogP contribution < -0.4 is 34.4 Å². The topological polar surface area (TPSA) is 23.1 Å². The van der Waals surface area contributed by atoms with Crippen LogP contribution in [0.5, 0.6) is 0 Å². The van der Waals surface area contributed by atoms with Crippen LogP contribution in [0.15, 0.2) is 0 Å². The van der Waals surface area contributed by atoms with E-state index in [9.17, 15) is 4.80 Å². The summed E-state index contributed by atoms with van der Waals surface area (Å²) in [5.74, 6) is 0. The van der Waals surface area contributed by atoms with E-state index >= 15 is 0 Å². The fraction of sp³-hybridized carbons (Fsp3) is 1.00. The molecule has 12 heavy (non-hydrogen) atoms. The van der Waals surface area contributed by atoms with Gasteiger partial charge in [-0.05, 0) is 0 Å². The molecule has 0 aliphatic heterocycles. The Labute approximate surface area is 102 Å². The van der Waals surface area contributed by atoms with Crippen molar-refractivity contribution < 1.29 is 34.4 Å². The zero-order valence-corrected chi connectivity index (χ0v) is 11.6. The third kappa shape index (κ3) is 13.7. The van der Waals surface area contributed by atoms with E-state index in [1.807, 2.05) is 0 Å². The first-order valence-corrected chi connectivity index (χ1v) is 5.88. The molecule has 0 aliphatic rings. The molecule has 0 aromatic rings. The van der Waals surface area contributed by atoms with Gasteiger partial charge < -0.3 is 4.80 Å². The maximum atomic E-state index is 10.1. The van der Waals surface area contributed by atoms with Gasteiger partial charge in [0.25, 0.3) is 0 Å². The average Bonchev–Trinajstić information content (AvgIpc) is 2.03. The predicted molar refractivity (Wildman–Crippen MR) is 48.6 cm³/mol. The van der Waals surface area contributed by atoms with Crippen LogP contribution in [0.2, 0.25) is 6.04 Å². The van der Waals surface area contributed by atoms with Gasteiger partial charge >= 0.3 is 29.6 Å². The Morgan fingerprint density at radius 1 is 0.917 bits per heavy atom. The molecule has 0 aromatic carbocycles. The van der Waals surface area contributed by atoms with Crippen LogP contribution in [0.3, 0.4) is 0 Å². The van der Waals surface area contributed by atoms with Crippen molar-refractivity contribution in [1.82, 2.24) is 0 Å². The van der Waals surface area contributed by atoms with Gasteiger partial charge in [-0.15, -0.1) is 0 Å². The van der Waals surface area contributed by atoms with Gasteiger partial charge in [0.2, 0.25) is 0 Å². The minimum Gasteiger partial charge on any atom is -0.863 e. The summed E-state index contributed by atoms with van der Waals surface area (Å²) in [7, 11) is -0.0800. The van der Waals surface area contributed by atoms with E-state index in [1.165, 1.54) is 38.5 Å². The van der Waals surface area contributed by atoms with Crippen molar-refractivity contribution in [1.29, 1.82) is 0 Å². The second-order valence-corrected chi connectivity index (χ2v) is 3.80. The molecular weight excluding hydrogens is 175 g/mol. The van der Waals surface area contributed by atoms with Crippen molar-refractivity contribution in [2.45, 2.75) is 57.9 Å². The van der Waals surface area contributed by atoms with Gasteiger partial charge in [-0.1, -0.05) is 67.7 Å². The van der Waals surface area contributed by atoms with E-state index < -0.39 is 0 Å². The SMILES string of the molecule is CCCCCCCCC[Si][O-].[Na+]. The van der Waals surface area contributed by atoms with Crippen molar-refractivity contribution in [2.24, 2.45) is 0 Å². The van der Waals surface area contributed by atoms with Gasteiger partial charge in [0.15, 0.2) is 0 Å². The Hall–Kier alpha value is 1.18. The molecule has 0 atom stereocenters. The largest absolute Gasteiger partial charge is 1.00 e. The van der Waals surface area contributed by atoms with Crippen LogP contribution in [0.1, 0.15) is 51.9 Å². The van der Waals surface area contributed by atoms with Gasteiger partial charge in [0.1, 0.15) is 0 Å². The maximum absolute atomic E-state index is 10.1. The van der Waals surface area contributed by atoms with E-state index in [2.05, 4.69) is 6.92 Å². The van der Waals surface area contributed by atoms with Gasteiger partial charge in [0, 0.05) is 0 Å². The summed E-state index contributed by atoms with van der Waals surface area (Å²) >= 11 is 0. The second kappa shape index (κ2) is 14.7. The summed E-state index contributed by atoms with van der Waals surface area (Å²) in [6, 6.07) is 0.910. The first-order chi connectivity index (χ1) is 5.41. The van der Waals surface area contributed by atoms with Crippen LogP contribution in [-0.4, -0.2) is 9.76 Å². The first-order valence-electron chi connectivity index (χ1n) is 4.76. The van der Waals surface area contributed by atoms with E-state index in [1.54, 1.807) is 0 Å². The summed E-state index contributed by atoms with van der Waals surface area (Å²) < 4.78 is 0. The van der Waals surface area contributed by atoms with Crippen molar-refractivity contribution in [3.8, 4) is 0 Å². The molecule has 0 amide bonds. The molecule has 0 saturated heterocycles. The van der Waals surface area contributed by atoms with Gasteiger partial charge in [0.05, 0.1) is 0 Å². The molecule has 3 heteroatoms. The third-order valence-electron chi connectivity index (χ3n) is 1.88. The van der Waals surface area contributed by atoms with Crippen molar-refractivity contribution >= 4 is 9.76 Å². The van der Waals surface area contributed by atoms with Crippen LogP contribution in [0.4, 0.5) is 0 Å². The minimum atomic E-state index is -0.0800. The summed E-state index contributed by atoms with van der Waals surface area (Å²) in [5, 5.41) is 0. The van der Waals surface area contributed by atoms with Crippen molar-refractivity contribution in [3.05, 3.63) is 0 Å². The van der Waals surface area contributed by atoms with Gasteiger partial charge in [-0.25, -0.2) is 0 Å². The molecule has 0 saturated carbocycles. The fourth-order valence-corrected chi connectivity index (χ4v) is 1.55. The standard InChI is InChI=1S/C9H19OSi.Na/c1-2-3-4-5-6-7-8-9-11-10;/h2-9H2,1H3;/q-1;+1. The molecule has 0 rings (SSSR count). The van der Waals surface area contributed by atoms with Crippen LogP contribution in [-0.2, 0) is 0 Å². The Morgan fingerprint density at radius 3 is 1.92 bits per heavy atom. The summed E-state index contributed by atoms with van der Waals surface area (Å²) in [6.07, 6.45) is 9.23. The number of hydrogen-bond acceptors (Lipinski definition) is 1. The molecule has 0 unspecified atom stereocenters. The molecule has 66 valence electrons. The molecule has 1 nitrogen and oxygen atoms in total. The van der Waals surface area contributed by atoms with E-state index in [0.29, 0.717) is 0 Å². The third-order valence-corrected chi connectivity index (χ3v) is 2.44.